The Hall–Kier alpha value is -2.76. The van der Waals surface area contributed by atoms with Crippen LogP contribution in [0.25, 0.3) is 11.5 Å². The second-order valence-corrected chi connectivity index (χ2v) is 4.25. The number of halogens is 2. The predicted octanol–water partition coefficient (Wildman–Crippen LogP) is 3.59. The van der Waals surface area contributed by atoms with Crippen LogP contribution in [-0.4, -0.2) is 10.2 Å². The van der Waals surface area contributed by atoms with Crippen LogP contribution in [-0.2, 0) is 6.61 Å². The standard InChI is InChI=1S/C15H10F2N2O2/c16-11-3-1-10(2-4-11)15-19-18-14(21-15)9-20-13-7-5-12(17)6-8-13/h1-8H,9H2. The fourth-order valence-corrected chi connectivity index (χ4v) is 1.70. The number of hydrogen-bond donors (Lipinski definition) is 0. The van der Waals surface area contributed by atoms with E-state index < -0.39 is 0 Å². The normalized spacial score (nSPS) is 10.6. The first-order chi connectivity index (χ1) is 10.2. The number of hydrogen-bond acceptors (Lipinski definition) is 4. The highest BCUT2D eigenvalue weighted by atomic mass is 19.1. The van der Waals surface area contributed by atoms with Crippen molar-refractivity contribution in [3.05, 3.63) is 66.1 Å². The van der Waals surface area contributed by atoms with Crippen molar-refractivity contribution in [2.24, 2.45) is 0 Å². The zero-order valence-corrected chi connectivity index (χ0v) is 10.8. The van der Waals surface area contributed by atoms with Gasteiger partial charge in [-0.15, -0.1) is 10.2 Å². The van der Waals surface area contributed by atoms with Gasteiger partial charge in [-0.25, -0.2) is 8.78 Å². The van der Waals surface area contributed by atoms with Crippen LogP contribution >= 0.6 is 0 Å². The number of rotatable bonds is 4. The summed E-state index contributed by atoms with van der Waals surface area (Å²) in [4.78, 5) is 0. The van der Waals surface area contributed by atoms with Crippen LogP contribution in [0.5, 0.6) is 5.75 Å². The second kappa shape index (κ2) is 5.70. The fraction of sp³-hybridized carbons (Fsp3) is 0.0667. The van der Waals surface area contributed by atoms with Gasteiger partial charge in [0.25, 0.3) is 5.89 Å². The van der Waals surface area contributed by atoms with Crippen molar-refractivity contribution in [1.29, 1.82) is 0 Å². The summed E-state index contributed by atoms with van der Waals surface area (Å²) < 4.78 is 36.4. The minimum absolute atomic E-state index is 0.0693. The topological polar surface area (TPSA) is 48.2 Å². The van der Waals surface area contributed by atoms with E-state index in [1.54, 1.807) is 12.1 Å². The Bertz CT molecular complexity index is 724. The molecule has 0 atom stereocenters. The van der Waals surface area contributed by atoms with Crippen LogP contribution in [0, 0.1) is 11.6 Å². The average Bonchev–Trinajstić information content (AvgIpc) is 2.96. The van der Waals surface area contributed by atoms with Crippen LogP contribution in [0.15, 0.2) is 52.9 Å². The van der Waals surface area contributed by atoms with Gasteiger partial charge in [0.05, 0.1) is 0 Å². The monoisotopic (exact) mass is 288 g/mol. The molecule has 0 bridgehead atoms. The number of aromatic nitrogens is 2. The van der Waals surface area contributed by atoms with Gasteiger partial charge in [-0.1, -0.05) is 0 Å². The molecule has 0 aliphatic carbocycles. The Balaban J connectivity index is 1.67. The third-order valence-corrected chi connectivity index (χ3v) is 2.73. The average molecular weight is 288 g/mol. The summed E-state index contributed by atoms with van der Waals surface area (Å²) in [6.45, 7) is 0.0693. The molecule has 0 amide bonds. The number of ether oxygens (including phenoxy) is 1. The number of nitrogens with zero attached hydrogens (tertiary/aromatic N) is 2. The van der Waals surface area contributed by atoms with Gasteiger partial charge in [-0.2, -0.15) is 0 Å². The highest BCUT2D eigenvalue weighted by Gasteiger charge is 2.09. The summed E-state index contributed by atoms with van der Waals surface area (Å²) in [7, 11) is 0. The first kappa shape index (κ1) is 13.2. The third kappa shape index (κ3) is 3.22. The molecule has 0 N–H and O–H groups in total. The molecule has 0 radical (unpaired) electrons. The molecular formula is C15H10F2N2O2. The zero-order valence-electron chi connectivity index (χ0n) is 10.8. The molecule has 6 heteroatoms. The molecule has 3 rings (SSSR count). The highest BCUT2D eigenvalue weighted by Crippen LogP contribution is 2.19. The summed E-state index contributed by atoms with van der Waals surface area (Å²) in [6.07, 6.45) is 0. The Morgan fingerprint density at radius 3 is 2.14 bits per heavy atom. The van der Waals surface area contributed by atoms with Crippen LogP contribution < -0.4 is 4.74 Å². The summed E-state index contributed by atoms with van der Waals surface area (Å²) in [5.41, 5.74) is 0.622. The molecular weight excluding hydrogens is 278 g/mol. The molecule has 106 valence electrons. The Labute approximate surface area is 119 Å². The van der Waals surface area contributed by atoms with E-state index in [0.29, 0.717) is 11.3 Å². The van der Waals surface area contributed by atoms with E-state index in [0.717, 1.165) is 0 Å². The van der Waals surface area contributed by atoms with Gasteiger partial charge >= 0.3 is 0 Å². The lowest BCUT2D eigenvalue weighted by atomic mass is 10.2. The Morgan fingerprint density at radius 2 is 1.48 bits per heavy atom. The van der Waals surface area contributed by atoms with Crippen molar-refractivity contribution in [2.45, 2.75) is 6.61 Å². The molecule has 0 aliphatic rings. The molecule has 3 aromatic rings. The molecule has 0 aliphatic heterocycles. The summed E-state index contributed by atoms with van der Waals surface area (Å²) in [5.74, 6) is 0.390. The van der Waals surface area contributed by atoms with Gasteiger partial charge in [0.15, 0.2) is 6.61 Å². The van der Waals surface area contributed by atoms with Gasteiger partial charge in [-0.05, 0) is 48.5 Å². The minimum atomic E-state index is -0.335. The van der Waals surface area contributed by atoms with Crippen LogP contribution in [0.1, 0.15) is 5.89 Å². The summed E-state index contributed by atoms with van der Waals surface area (Å²) in [6, 6.07) is 11.3. The lowest BCUT2D eigenvalue weighted by Crippen LogP contribution is -1.95. The maximum Gasteiger partial charge on any atom is 0.254 e. The van der Waals surface area contributed by atoms with E-state index in [1.165, 1.54) is 36.4 Å². The van der Waals surface area contributed by atoms with Crippen molar-refractivity contribution < 1.29 is 17.9 Å². The second-order valence-electron chi connectivity index (χ2n) is 4.25. The number of benzene rings is 2. The first-order valence-corrected chi connectivity index (χ1v) is 6.17. The van der Waals surface area contributed by atoms with Crippen LogP contribution in [0.4, 0.5) is 8.78 Å². The van der Waals surface area contributed by atoms with Crippen molar-refractivity contribution in [3.63, 3.8) is 0 Å². The smallest absolute Gasteiger partial charge is 0.254 e. The van der Waals surface area contributed by atoms with E-state index in [4.69, 9.17) is 9.15 Å². The summed E-state index contributed by atoms with van der Waals surface area (Å²) >= 11 is 0. The highest BCUT2D eigenvalue weighted by molar-refractivity contribution is 5.51. The molecule has 0 unspecified atom stereocenters. The Kier molecular flexibility index (Phi) is 3.59. The third-order valence-electron chi connectivity index (χ3n) is 2.73. The zero-order chi connectivity index (χ0) is 14.7. The first-order valence-electron chi connectivity index (χ1n) is 6.17. The van der Waals surface area contributed by atoms with Crippen molar-refractivity contribution in [2.75, 3.05) is 0 Å². The van der Waals surface area contributed by atoms with Crippen LogP contribution in [0.3, 0.4) is 0 Å². The maximum absolute atomic E-state index is 12.8. The molecule has 1 aromatic heterocycles. The van der Waals surface area contributed by atoms with Crippen molar-refractivity contribution in [1.82, 2.24) is 10.2 Å². The fourth-order valence-electron chi connectivity index (χ4n) is 1.70. The van der Waals surface area contributed by atoms with Crippen molar-refractivity contribution >= 4 is 0 Å². The maximum atomic E-state index is 12.8. The minimum Gasteiger partial charge on any atom is -0.484 e. The SMILES string of the molecule is Fc1ccc(OCc2nnc(-c3ccc(F)cc3)o2)cc1. The molecule has 2 aromatic carbocycles. The lowest BCUT2D eigenvalue weighted by Gasteiger charge is -2.02. The largest absolute Gasteiger partial charge is 0.484 e. The van der Waals surface area contributed by atoms with Gasteiger partial charge in [-0.3, -0.25) is 0 Å². The quantitative estimate of drug-likeness (QED) is 0.736. The van der Waals surface area contributed by atoms with Crippen molar-refractivity contribution in [3.8, 4) is 17.2 Å². The lowest BCUT2D eigenvalue weighted by molar-refractivity contribution is 0.264. The predicted molar refractivity (Wildman–Crippen MR) is 70.4 cm³/mol. The van der Waals surface area contributed by atoms with Gasteiger partial charge in [0, 0.05) is 5.56 Å². The van der Waals surface area contributed by atoms with E-state index >= 15 is 0 Å². The molecule has 21 heavy (non-hydrogen) atoms. The van der Waals surface area contributed by atoms with Gasteiger partial charge < -0.3 is 9.15 Å². The molecule has 0 spiro atoms. The molecule has 0 saturated carbocycles. The summed E-state index contributed by atoms with van der Waals surface area (Å²) in [5, 5.41) is 7.70. The van der Waals surface area contributed by atoms with E-state index in [1.807, 2.05) is 0 Å². The van der Waals surface area contributed by atoms with Gasteiger partial charge in [0.2, 0.25) is 5.89 Å². The van der Waals surface area contributed by atoms with Gasteiger partial charge in [0.1, 0.15) is 17.4 Å². The molecule has 0 fully saturated rings. The van der Waals surface area contributed by atoms with Crippen LogP contribution in [0.2, 0.25) is 0 Å². The van der Waals surface area contributed by atoms with E-state index in [2.05, 4.69) is 10.2 Å². The molecule has 1 heterocycles. The van der Waals surface area contributed by atoms with E-state index in [9.17, 15) is 8.78 Å². The molecule has 4 nitrogen and oxygen atoms in total. The van der Waals surface area contributed by atoms with E-state index in [-0.39, 0.29) is 30.0 Å². The Morgan fingerprint density at radius 1 is 0.857 bits per heavy atom. The molecule has 0 saturated heterocycles.